The number of aliphatic hydroxyl groups is 1. The van der Waals surface area contributed by atoms with Gasteiger partial charge in [0.05, 0.1) is 19.3 Å². The van der Waals surface area contributed by atoms with E-state index in [0.717, 1.165) is 5.56 Å². The van der Waals surface area contributed by atoms with Gasteiger partial charge in [-0.2, -0.15) is 0 Å². The first kappa shape index (κ1) is 24.0. The number of nitrogens with one attached hydrogen (secondary N) is 1. The topological polar surface area (TPSA) is 87.6 Å². The van der Waals surface area contributed by atoms with E-state index in [1.54, 1.807) is 0 Å². The van der Waals surface area contributed by atoms with Crippen LogP contribution in [0.15, 0.2) is 30.3 Å². The average molecular weight is 452 g/mol. The van der Waals surface area contributed by atoms with Crippen molar-refractivity contribution in [3.05, 3.63) is 35.9 Å². The van der Waals surface area contributed by atoms with E-state index in [1.165, 1.54) is 0 Å². The van der Waals surface area contributed by atoms with Crippen molar-refractivity contribution in [2.45, 2.75) is 102 Å². The van der Waals surface area contributed by atoms with E-state index >= 15 is 0 Å². The van der Waals surface area contributed by atoms with Crippen molar-refractivity contribution in [2.24, 2.45) is 0 Å². The molecule has 0 amide bonds. The van der Waals surface area contributed by atoms with Gasteiger partial charge in [0, 0.05) is 6.54 Å². The summed E-state index contributed by atoms with van der Waals surface area (Å²) in [6.45, 7) is 12.5. The van der Waals surface area contributed by atoms with Crippen LogP contribution in [0.4, 0.5) is 0 Å². The lowest BCUT2D eigenvalue weighted by Crippen LogP contribution is -2.62. The lowest BCUT2D eigenvalue weighted by Gasteiger charge is -2.44. The highest BCUT2D eigenvalue weighted by atomic mass is 16.8. The van der Waals surface area contributed by atoms with Gasteiger partial charge in [-0.25, -0.2) is 0 Å². The Morgan fingerprint density at radius 2 is 1.47 bits per heavy atom. The molecule has 0 aliphatic carbocycles. The molecule has 0 spiro atoms. The third-order valence-corrected chi connectivity index (χ3v) is 6.07. The van der Waals surface area contributed by atoms with Crippen LogP contribution in [0.25, 0.3) is 0 Å². The summed E-state index contributed by atoms with van der Waals surface area (Å²) in [5.74, 6) is -2.39. The monoisotopic (exact) mass is 451 g/mol. The lowest BCUT2D eigenvalue weighted by atomic mass is 9.94. The minimum absolute atomic E-state index is 0.233. The summed E-state index contributed by atoms with van der Waals surface area (Å²) in [6, 6.07) is 9.87. The molecule has 6 atom stereocenters. The molecule has 3 aliphatic heterocycles. The number of aliphatic hydroxyl groups excluding tert-OH is 1. The van der Waals surface area contributed by atoms with Crippen molar-refractivity contribution in [1.82, 2.24) is 5.32 Å². The van der Waals surface area contributed by atoms with Gasteiger partial charge in [0.15, 0.2) is 17.4 Å². The summed E-state index contributed by atoms with van der Waals surface area (Å²) in [5, 5.41) is 15.0. The molecule has 3 aliphatic rings. The Morgan fingerprint density at radius 3 is 2.12 bits per heavy atom. The van der Waals surface area contributed by atoms with Crippen LogP contribution in [-0.2, 0) is 35.0 Å². The first-order valence-corrected chi connectivity index (χ1v) is 11.4. The van der Waals surface area contributed by atoms with E-state index in [2.05, 4.69) is 17.4 Å². The zero-order valence-corrected chi connectivity index (χ0v) is 19.9. The number of hydrogen-bond donors (Lipinski definition) is 2. The van der Waals surface area contributed by atoms with Gasteiger partial charge in [-0.05, 0) is 47.1 Å². The first-order chi connectivity index (χ1) is 14.9. The quantitative estimate of drug-likeness (QED) is 0.682. The van der Waals surface area contributed by atoms with Crippen LogP contribution in [0.3, 0.4) is 0 Å². The zero-order chi connectivity index (χ0) is 23.1. The van der Waals surface area contributed by atoms with Gasteiger partial charge < -0.3 is 38.8 Å². The van der Waals surface area contributed by atoms with Gasteiger partial charge in [0.1, 0.15) is 30.5 Å². The second kappa shape index (κ2) is 8.92. The summed E-state index contributed by atoms with van der Waals surface area (Å²) >= 11 is 0. The van der Waals surface area contributed by atoms with Crippen molar-refractivity contribution in [3.8, 4) is 0 Å². The van der Waals surface area contributed by atoms with E-state index in [9.17, 15) is 5.11 Å². The summed E-state index contributed by atoms with van der Waals surface area (Å²) in [5.41, 5.74) is 1.14. The SMILES string of the molecule is CC1(C)OCC(C2OC(C)(C)OC2[C@@H](O)[C@H]2OC(C)(C)OC[C@H]2NCc2ccccc2)O1. The minimum Gasteiger partial charge on any atom is -0.388 e. The average Bonchev–Trinajstić information content (AvgIpc) is 3.25. The largest absolute Gasteiger partial charge is 0.388 e. The van der Waals surface area contributed by atoms with Crippen LogP contribution in [-0.4, -0.2) is 72.2 Å². The van der Waals surface area contributed by atoms with Crippen LogP contribution < -0.4 is 5.32 Å². The Morgan fingerprint density at radius 1 is 0.844 bits per heavy atom. The fourth-order valence-electron chi connectivity index (χ4n) is 4.59. The van der Waals surface area contributed by atoms with Crippen LogP contribution in [0, 0.1) is 0 Å². The maximum Gasteiger partial charge on any atom is 0.164 e. The number of rotatable bonds is 6. The van der Waals surface area contributed by atoms with E-state index in [0.29, 0.717) is 19.8 Å². The molecule has 0 radical (unpaired) electrons. The highest BCUT2D eigenvalue weighted by molar-refractivity contribution is 5.14. The van der Waals surface area contributed by atoms with Crippen LogP contribution in [0.2, 0.25) is 0 Å². The molecule has 8 nitrogen and oxygen atoms in total. The van der Waals surface area contributed by atoms with Crippen molar-refractivity contribution in [2.75, 3.05) is 13.2 Å². The Hall–Kier alpha value is -1.10. The summed E-state index contributed by atoms with van der Waals surface area (Å²) in [4.78, 5) is 0. The fourth-order valence-corrected chi connectivity index (χ4v) is 4.59. The number of ether oxygens (including phenoxy) is 6. The molecule has 2 N–H and O–H groups in total. The van der Waals surface area contributed by atoms with E-state index in [-0.39, 0.29) is 12.1 Å². The summed E-state index contributed by atoms with van der Waals surface area (Å²) in [7, 11) is 0. The van der Waals surface area contributed by atoms with E-state index in [4.69, 9.17) is 28.4 Å². The molecule has 3 heterocycles. The first-order valence-electron chi connectivity index (χ1n) is 11.4. The molecule has 1 aromatic rings. The van der Waals surface area contributed by atoms with Gasteiger partial charge in [0.2, 0.25) is 0 Å². The van der Waals surface area contributed by atoms with Crippen molar-refractivity contribution < 1.29 is 33.5 Å². The molecule has 0 saturated carbocycles. The second-order valence-corrected chi connectivity index (χ2v) is 10.2. The molecule has 3 unspecified atom stereocenters. The summed E-state index contributed by atoms with van der Waals surface area (Å²) in [6.07, 6.45) is -3.03. The predicted octanol–water partition coefficient (Wildman–Crippen LogP) is 2.33. The molecule has 8 heteroatoms. The maximum atomic E-state index is 11.5. The Labute approximate surface area is 190 Å². The fraction of sp³-hybridized carbons (Fsp3) is 0.750. The zero-order valence-electron chi connectivity index (χ0n) is 19.9. The highest BCUT2D eigenvalue weighted by Gasteiger charge is 2.55. The molecule has 0 aromatic heterocycles. The number of benzene rings is 1. The van der Waals surface area contributed by atoms with E-state index < -0.39 is 41.8 Å². The van der Waals surface area contributed by atoms with Crippen LogP contribution in [0.5, 0.6) is 0 Å². The molecule has 180 valence electrons. The van der Waals surface area contributed by atoms with Crippen LogP contribution >= 0.6 is 0 Å². The van der Waals surface area contributed by atoms with Crippen molar-refractivity contribution in [3.63, 3.8) is 0 Å². The predicted molar refractivity (Wildman–Crippen MR) is 117 cm³/mol. The number of hydrogen-bond acceptors (Lipinski definition) is 8. The molecule has 3 saturated heterocycles. The van der Waals surface area contributed by atoms with Gasteiger partial charge in [-0.3, -0.25) is 0 Å². The second-order valence-electron chi connectivity index (χ2n) is 10.2. The Bertz CT molecular complexity index is 769. The standard InChI is InChI=1S/C24H37NO7/c1-22(2)28-14-17(29-22)20-21(32-24(5,6)31-20)18(26)19-16(13-27-23(3,4)30-19)25-12-15-10-8-7-9-11-15/h7-11,16-21,25-26H,12-14H2,1-6H3/t16-,17?,18+,19+,20?,21?/m1/s1. The molecular weight excluding hydrogens is 414 g/mol. The van der Waals surface area contributed by atoms with Gasteiger partial charge in [-0.1, -0.05) is 30.3 Å². The molecule has 32 heavy (non-hydrogen) atoms. The Balaban J connectivity index is 1.51. The molecule has 4 rings (SSSR count). The maximum absolute atomic E-state index is 11.5. The normalized spacial score (nSPS) is 36.8. The molecule has 1 aromatic carbocycles. The molecular formula is C24H37NO7. The van der Waals surface area contributed by atoms with Gasteiger partial charge in [0.25, 0.3) is 0 Å². The van der Waals surface area contributed by atoms with Crippen molar-refractivity contribution in [1.29, 1.82) is 0 Å². The third-order valence-electron chi connectivity index (χ3n) is 6.07. The highest BCUT2D eigenvalue weighted by Crippen LogP contribution is 2.39. The van der Waals surface area contributed by atoms with Gasteiger partial charge in [-0.15, -0.1) is 0 Å². The molecule has 3 fully saturated rings. The van der Waals surface area contributed by atoms with Crippen molar-refractivity contribution >= 4 is 0 Å². The molecule has 0 bridgehead atoms. The van der Waals surface area contributed by atoms with E-state index in [1.807, 2.05) is 59.7 Å². The Kier molecular flexibility index (Phi) is 6.70. The van der Waals surface area contributed by atoms with Crippen LogP contribution in [0.1, 0.15) is 47.1 Å². The summed E-state index contributed by atoms with van der Waals surface area (Å²) < 4.78 is 36.3. The third kappa shape index (κ3) is 5.51. The van der Waals surface area contributed by atoms with Gasteiger partial charge >= 0.3 is 0 Å². The minimum atomic E-state index is -0.967. The smallest absolute Gasteiger partial charge is 0.164 e. The lowest BCUT2D eigenvalue weighted by molar-refractivity contribution is -0.305.